The van der Waals surface area contributed by atoms with Gasteiger partial charge in [0, 0.05) is 6.54 Å². The third-order valence-electron chi connectivity index (χ3n) is 3.96. The Hall–Kier alpha value is -2.11. The summed E-state index contributed by atoms with van der Waals surface area (Å²) in [5.41, 5.74) is 8.24. The molecule has 23 heavy (non-hydrogen) atoms. The third kappa shape index (κ3) is 3.81. The maximum absolute atomic E-state index is 12.0. The molecule has 0 aromatic carbocycles. The Labute approximate surface area is 137 Å². The number of ether oxygens (including phenoxy) is 1. The molecule has 0 fully saturated rings. The zero-order valence-corrected chi connectivity index (χ0v) is 14.3. The van der Waals surface area contributed by atoms with Crippen LogP contribution in [0.4, 0.5) is 5.69 Å². The van der Waals surface area contributed by atoms with Crippen LogP contribution >= 0.6 is 0 Å². The highest BCUT2D eigenvalue weighted by atomic mass is 16.5. The summed E-state index contributed by atoms with van der Waals surface area (Å²) in [5.74, 6) is -0.427. The lowest BCUT2D eigenvalue weighted by molar-refractivity contribution is 0.0526. The number of carbonyl (C=O) groups excluding carboxylic acids is 1. The standard InChI is InChI=1S/C17H26N4O2/c1-4-6-7-8-9-10-21-16-13(11-19-21)15(18)14(12(3)20-16)17(22)23-5-2/h11H,4-10H2,1-3H3,(H2,18,20). The Balaban J connectivity index is 2.22. The zero-order valence-electron chi connectivity index (χ0n) is 14.3. The first-order valence-corrected chi connectivity index (χ1v) is 8.38. The maximum Gasteiger partial charge on any atom is 0.342 e. The van der Waals surface area contributed by atoms with E-state index in [1.54, 1.807) is 20.0 Å². The van der Waals surface area contributed by atoms with Crippen molar-refractivity contribution in [2.45, 2.75) is 59.4 Å². The molecule has 6 nitrogen and oxygen atoms in total. The van der Waals surface area contributed by atoms with Gasteiger partial charge in [0.15, 0.2) is 5.65 Å². The van der Waals surface area contributed by atoms with Crippen molar-refractivity contribution in [3.63, 3.8) is 0 Å². The Morgan fingerprint density at radius 2 is 2.00 bits per heavy atom. The molecule has 0 aliphatic heterocycles. The van der Waals surface area contributed by atoms with Crippen molar-refractivity contribution >= 4 is 22.7 Å². The molecular formula is C17H26N4O2. The van der Waals surface area contributed by atoms with E-state index in [1.165, 1.54) is 25.7 Å². The number of rotatable bonds is 8. The van der Waals surface area contributed by atoms with E-state index >= 15 is 0 Å². The van der Waals surface area contributed by atoms with Crippen LogP contribution < -0.4 is 5.73 Å². The molecule has 0 spiro atoms. The van der Waals surface area contributed by atoms with Gasteiger partial charge in [-0.15, -0.1) is 0 Å². The number of nitrogens with zero attached hydrogens (tertiary/aromatic N) is 3. The van der Waals surface area contributed by atoms with Crippen LogP contribution in [-0.2, 0) is 11.3 Å². The number of aromatic nitrogens is 3. The number of nitrogens with two attached hydrogens (primary N) is 1. The van der Waals surface area contributed by atoms with E-state index in [1.807, 2.05) is 4.68 Å². The van der Waals surface area contributed by atoms with E-state index in [0.29, 0.717) is 28.9 Å². The molecule has 0 saturated carbocycles. The average Bonchev–Trinajstić information content (AvgIpc) is 2.90. The number of hydrogen-bond acceptors (Lipinski definition) is 5. The average molecular weight is 318 g/mol. The number of pyridine rings is 1. The van der Waals surface area contributed by atoms with Crippen LogP contribution in [0.5, 0.6) is 0 Å². The molecular weight excluding hydrogens is 292 g/mol. The quantitative estimate of drug-likeness (QED) is 0.595. The first-order chi connectivity index (χ1) is 11.1. The Morgan fingerprint density at radius 1 is 1.26 bits per heavy atom. The highest BCUT2D eigenvalue weighted by Crippen LogP contribution is 2.26. The molecule has 2 aromatic rings. The Bertz CT molecular complexity index is 679. The minimum Gasteiger partial charge on any atom is -0.462 e. The zero-order chi connectivity index (χ0) is 16.8. The van der Waals surface area contributed by atoms with Crippen LogP contribution in [0.15, 0.2) is 6.20 Å². The number of esters is 1. The Kier molecular flexibility index (Phi) is 5.96. The molecule has 2 aromatic heterocycles. The molecule has 0 atom stereocenters. The molecule has 2 heterocycles. The number of aryl methyl sites for hydroxylation is 2. The van der Waals surface area contributed by atoms with E-state index in [2.05, 4.69) is 17.0 Å². The first kappa shape index (κ1) is 17.2. The van der Waals surface area contributed by atoms with Crippen molar-refractivity contribution in [3.8, 4) is 0 Å². The van der Waals surface area contributed by atoms with Gasteiger partial charge in [0.05, 0.1) is 29.6 Å². The van der Waals surface area contributed by atoms with Crippen LogP contribution in [0.3, 0.4) is 0 Å². The second kappa shape index (κ2) is 7.94. The van der Waals surface area contributed by atoms with E-state index in [9.17, 15) is 4.79 Å². The summed E-state index contributed by atoms with van der Waals surface area (Å²) in [6, 6.07) is 0. The van der Waals surface area contributed by atoms with E-state index in [-0.39, 0.29) is 0 Å². The number of hydrogen-bond donors (Lipinski definition) is 1. The van der Waals surface area contributed by atoms with Crippen LogP contribution in [-0.4, -0.2) is 27.3 Å². The van der Waals surface area contributed by atoms with Crippen molar-refractivity contribution in [1.82, 2.24) is 14.8 Å². The second-order valence-corrected chi connectivity index (χ2v) is 5.73. The number of carbonyl (C=O) groups is 1. The van der Waals surface area contributed by atoms with Crippen LogP contribution in [0.2, 0.25) is 0 Å². The fourth-order valence-electron chi connectivity index (χ4n) is 2.72. The van der Waals surface area contributed by atoms with Crippen molar-refractivity contribution < 1.29 is 9.53 Å². The summed E-state index contributed by atoms with van der Waals surface area (Å²) in [7, 11) is 0. The van der Waals surface area contributed by atoms with Gasteiger partial charge in [-0.25, -0.2) is 14.5 Å². The molecule has 0 radical (unpaired) electrons. The fourth-order valence-corrected chi connectivity index (χ4v) is 2.72. The van der Waals surface area contributed by atoms with Gasteiger partial charge in [-0.05, 0) is 20.3 Å². The molecule has 0 saturated heterocycles. The molecule has 0 bridgehead atoms. The molecule has 0 aliphatic carbocycles. The van der Waals surface area contributed by atoms with E-state index < -0.39 is 5.97 Å². The number of unbranched alkanes of at least 4 members (excludes halogenated alkanes) is 4. The molecule has 6 heteroatoms. The predicted molar refractivity (Wildman–Crippen MR) is 91.4 cm³/mol. The van der Waals surface area contributed by atoms with Gasteiger partial charge < -0.3 is 10.5 Å². The summed E-state index contributed by atoms with van der Waals surface area (Å²) in [4.78, 5) is 16.6. The van der Waals surface area contributed by atoms with Gasteiger partial charge in [0.1, 0.15) is 5.56 Å². The Morgan fingerprint density at radius 3 is 2.70 bits per heavy atom. The van der Waals surface area contributed by atoms with Gasteiger partial charge in [-0.1, -0.05) is 32.6 Å². The van der Waals surface area contributed by atoms with E-state index in [0.717, 1.165) is 18.6 Å². The summed E-state index contributed by atoms with van der Waals surface area (Å²) in [5, 5.41) is 5.10. The van der Waals surface area contributed by atoms with Crippen LogP contribution in [0, 0.1) is 6.92 Å². The largest absolute Gasteiger partial charge is 0.462 e. The number of fused-ring (bicyclic) bond motifs is 1. The highest BCUT2D eigenvalue weighted by Gasteiger charge is 2.20. The fraction of sp³-hybridized carbons (Fsp3) is 0.588. The van der Waals surface area contributed by atoms with Crippen molar-refractivity contribution in [2.24, 2.45) is 0 Å². The van der Waals surface area contributed by atoms with Crippen molar-refractivity contribution in [2.75, 3.05) is 12.3 Å². The number of nitrogen functional groups attached to an aromatic ring is 1. The summed E-state index contributed by atoms with van der Waals surface area (Å²) < 4.78 is 6.94. The van der Waals surface area contributed by atoms with Crippen LogP contribution in [0.25, 0.3) is 11.0 Å². The SMILES string of the molecule is CCCCCCCn1ncc2c(N)c(C(=O)OCC)c(C)nc21. The minimum absolute atomic E-state index is 0.312. The van der Waals surface area contributed by atoms with Crippen molar-refractivity contribution in [1.29, 1.82) is 0 Å². The first-order valence-electron chi connectivity index (χ1n) is 8.38. The molecule has 0 aliphatic rings. The van der Waals surface area contributed by atoms with Gasteiger partial charge in [-0.2, -0.15) is 5.10 Å². The molecule has 2 N–H and O–H groups in total. The minimum atomic E-state index is -0.427. The summed E-state index contributed by atoms with van der Waals surface area (Å²) >= 11 is 0. The third-order valence-corrected chi connectivity index (χ3v) is 3.96. The van der Waals surface area contributed by atoms with Gasteiger partial charge in [0.2, 0.25) is 0 Å². The lowest BCUT2D eigenvalue weighted by Crippen LogP contribution is -2.12. The predicted octanol–water partition coefficient (Wildman–Crippen LogP) is 3.47. The van der Waals surface area contributed by atoms with Crippen LogP contribution in [0.1, 0.15) is 62.0 Å². The monoisotopic (exact) mass is 318 g/mol. The topological polar surface area (TPSA) is 83.0 Å². The highest BCUT2D eigenvalue weighted by molar-refractivity contribution is 6.04. The van der Waals surface area contributed by atoms with E-state index in [4.69, 9.17) is 10.5 Å². The second-order valence-electron chi connectivity index (χ2n) is 5.73. The molecule has 126 valence electrons. The van der Waals surface area contributed by atoms with Gasteiger partial charge in [-0.3, -0.25) is 0 Å². The molecule has 0 unspecified atom stereocenters. The van der Waals surface area contributed by atoms with Gasteiger partial charge in [0.25, 0.3) is 0 Å². The summed E-state index contributed by atoms with van der Waals surface area (Å²) in [6.07, 6.45) is 7.69. The lowest BCUT2D eigenvalue weighted by Gasteiger charge is -2.10. The molecule has 2 rings (SSSR count). The molecule has 0 amide bonds. The summed E-state index contributed by atoms with van der Waals surface area (Å²) in [6.45, 7) is 6.88. The van der Waals surface area contributed by atoms with Crippen molar-refractivity contribution in [3.05, 3.63) is 17.5 Å². The normalized spacial score (nSPS) is 11.1. The maximum atomic E-state index is 12.0. The lowest BCUT2D eigenvalue weighted by atomic mass is 10.1. The number of anilines is 1. The smallest absolute Gasteiger partial charge is 0.342 e. The van der Waals surface area contributed by atoms with Gasteiger partial charge >= 0.3 is 5.97 Å².